The van der Waals surface area contributed by atoms with Crippen LogP contribution in [-0.4, -0.2) is 56.6 Å². The SMILES string of the molecule is O=C(N1CCOC[C@@H](Cc2cn3ccnc3cn2)C1)C(O)(c1ccccc1)c1ccccc1. The van der Waals surface area contributed by atoms with Crippen molar-refractivity contribution in [2.45, 2.75) is 12.0 Å². The van der Waals surface area contributed by atoms with Gasteiger partial charge in [0.2, 0.25) is 0 Å². The predicted octanol–water partition coefficient (Wildman–Crippen LogP) is 2.68. The number of hydrogen-bond donors (Lipinski definition) is 1. The summed E-state index contributed by atoms with van der Waals surface area (Å²) in [7, 11) is 0. The van der Waals surface area contributed by atoms with Crippen LogP contribution in [0.4, 0.5) is 0 Å². The Labute approximate surface area is 192 Å². The molecule has 33 heavy (non-hydrogen) atoms. The smallest absolute Gasteiger partial charge is 0.264 e. The van der Waals surface area contributed by atoms with Crippen molar-refractivity contribution in [3.63, 3.8) is 0 Å². The first-order valence-electron chi connectivity index (χ1n) is 11.1. The van der Waals surface area contributed by atoms with Gasteiger partial charge in [0.15, 0.2) is 11.2 Å². The number of rotatable bonds is 5. The van der Waals surface area contributed by atoms with Gasteiger partial charge in [0.25, 0.3) is 5.91 Å². The quantitative estimate of drug-likeness (QED) is 0.514. The van der Waals surface area contributed by atoms with E-state index in [4.69, 9.17) is 4.74 Å². The predicted molar refractivity (Wildman–Crippen MR) is 123 cm³/mol. The minimum Gasteiger partial charge on any atom is -0.379 e. The van der Waals surface area contributed by atoms with Crippen LogP contribution in [-0.2, 0) is 21.6 Å². The Morgan fingerprint density at radius 3 is 2.45 bits per heavy atom. The maximum absolute atomic E-state index is 13.9. The number of aliphatic hydroxyl groups is 1. The second kappa shape index (κ2) is 9.13. The molecule has 3 heterocycles. The van der Waals surface area contributed by atoms with Crippen LogP contribution in [0.1, 0.15) is 16.8 Å². The van der Waals surface area contributed by atoms with Gasteiger partial charge in [-0.2, -0.15) is 0 Å². The summed E-state index contributed by atoms with van der Waals surface area (Å²) in [6, 6.07) is 18.3. The minimum atomic E-state index is -1.77. The third kappa shape index (κ3) is 4.25. The molecule has 0 spiro atoms. The zero-order chi connectivity index (χ0) is 22.7. The summed E-state index contributed by atoms with van der Waals surface area (Å²) < 4.78 is 7.77. The van der Waals surface area contributed by atoms with Crippen LogP contribution >= 0.6 is 0 Å². The lowest BCUT2D eigenvalue weighted by Gasteiger charge is -2.34. The lowest BCUT2D eigenvalue weighted by molar-refractivity contribution is -0.148. The zero-order valence-corrected chi connectivity index (χ0v) is 18.2. The molecular formula is C26H26N4O3. The Bertz CT molecular complexity index is 1190. The number of fused-ring (bicyclic) bond motifs is 1. The normalized spacial score (nSPS) is 17.1. The largest absolute Gasteiger partial charge is 0.379 e. The van der Waals surface area contributed by atoms with Crippen LogP contribution in [0.3, 0.4) is 0 Å². The van der Waals surface area contributed by atoms with Crippen molar-refractivity contribution in [1.29, 1.82) is 0 Å². The van der Waals surface area contributed by atoms with E-state index in [0.29, 0.717) is 43.9 Å². The first-order chi connectivity index (χ1) is 16.1. The molecule has 7 nitrogen and oxygen atoms in total. The molecule has 1 aliphatic rings. The highest BCUT2D eigenvalue weighted by atomic mass is 16.5. The molecule has 168 valence electrons. The Hall–Kier alpha value is -3.55. The van der Waals surface area contributed by atoms with Crippen LogP contribution in [0.2, 0.25) is 0 Å². The second-order valence-corrected chi connectivity index (χ2v) is 8.41. The standard InChI is InChI=1S/C26H26N4O3/c31-25(26(32,21-7-3-1-4-8-21)22-9-5-2-6-10-22)30-13-14-33-19-20(17-30)15-23-18-29-12-11-27-24(29)16-28-23/h1-12,16,18,20,32H,13-15,17,19H2/t20-/m0/s1. The summed E-state index contributed by atoms with van der Waals surface area (Å²) in [6.45, 7) is 1.86. The molecule has 0 unspecified atom stereocenters. The van der Waals surface area contributed by atoms with E-state index in [1.807, 2.05) is 53.2 Å². The molecule has 1 fully saturated rings. The van der Waals surface area contributed by atoms with Crippen molar-refractivity contribution in [2.75, 3.05) is 26.3 Å². The van der Waals surface area contributed by atoms with E-state index in [1.165, 1.54) is 0 Å². The fraction of sp³-hybridized carbons (Fsp3) is 0.269. The van der Waals surface area contributed by atoms with E-state index < -0.39 is 5.60 Å². The molecule has 0 radical (unpaired) electrons. The first kappa shape index (κ1) is 21.3. The number of amides is 1. The lowest BCUT2D eigenvalue weighted by atomic mass is 9.84. The molecule has 1 atom stereocenters. The van der Waals surface area contributed by atoms with E-state index >= 15 is 0 Å². The minimum absolute atomic E-state index is 0.0562. The monoisotopic (exact) mass is 442 g/mol. The summed E-state index contributed by atoms with van der Waals surface area (Å²) in [5.74, 6) is -0.283. The first-order valence-corrected chi connectivity index (χ1v) is 11.1. The third-order valence-corrected chi connectivity index (χ3v) is 6.15. The van der Waals surface area contributed by atoms with E-state index in [9.17, 15) is 9.90 Å². The molecule has 1 N–H and O–H groups in total. The molecule has 1 amide bonds. The number of nitrogens with zero attached hydrogens (tertiary/aromatic N) is 4. The van der Waals surface area contributed by atoms with Gasteiger partial charge >= 0.3 is 0 Å². The average Bonchev–Trinajstić information content (AvgIpc) is 3.21. The van der Waals surface area contributed by atoms with Crippen LogP contribution in [0.5, 0.6) is 0 Å². The number of carbonyl (C=O) groups excluding carboxylic acids is 1. The number of hydrogen-bond acceptors (Lipinski definition) is 5. The molecule has 0 aliphatic carbocycles. The summed E-state index contributed by atoms with van der Waals surface area (Å²) in [6.07, 6.45) is 8.00. The molecule has 7 heteroatoms. The van der Waals surface area contributed by atoms with Gasteiger partial charge in [-0.1, -0.05) is 60.7 Å². The maximum Gasteiger partial charge on any atom is 0.264 e. The molecule has 4 aromatic rings. The molecule has 2 aromatic carbocycles. The van der Waals surface area contributed by atoms with Crippen LogP contribution in [0.15, 0.2) is 85.5 Å². The molecule has 5 rings (SSSR count). The Morgan fingerprint density at radius 2 is 1.76 bits per heavy atom. The van der Waals surface area contributed by atoms with Crippen molar-refractivity contribution in [1.82, 2.24) is 19.3 Å². The lowest BCUT2D eigenvalue weighted by Crippen LogP contribution is -2.49. The van der Waals surface area contributed by atoms with Crippen molar-refractivity contribution in [3.05, 3.63) is 102 Å². The molecule has 2 aromatic heterocycles. The van der Waals surface area contributed by atoms with E-state index in [1.54, 1.807) is 41.6 Å². The summed E-state index contributed by atoms with van der Waals surface area (Å²) in [4.78, 5) is 24.4. The van der Waals surface area contributed by atoms with Gasteiger partial charge in [-0.05, 0) is 17.5 Å². The number of ether oxygens (including phenoxy) is 1. The number of aromatic nitrogens is 3. The van der Waals surface area contributed by atoms with E-state index in [2.05, 4.69) is 9.97 Å². The average molecular weight is 443 g/mol. The van der Waals surface area contributed by atoms with Gasteiger partial charge in [-0.25, -0.2) is 4.98 Å². The topological polar surface area (TPSA) is 80.0 Å². The van der Waals surface area contributed by atoms with Crippen LogP contribution in [0, 0.1) is 5.92 Å². The highest BCUT2D eigenvalue weighted by Crippen LogP contribution is 2.32. The summed E-state index contributed by atoms with van der Waals surface area (Å²) >= 11 is 0. The van der Waals surface area contributed by atoms with Gasteiger partial charge in [0.05, 0.1) is 25.1 Å². The highest BCUT2D eigenvalue weighted by molar-refractivity contribution is 5.90. The van der Waals surface area contributed by atoms with E-state index in [-0.39, 0.29) is 11.8 Å². The van der Waals surface area contributed by atoms with Gasteiger partial charge < -0.3 is 19.1 Å². The number of imidazole rings is 1. The molecule has 0 saturated carbocycles. The highest BCUT2D eigenvalue weighted by Gasteiger charge is 2.43. The molecule has 0 bridgehead atoms. The molecule has 1 saturated heterocycles. The van der Waals surface area contributed by atoms with E-state index in [0.717, 1.165) is 11.3 Å². The van der Waals surface area contributed by atoms with Gasteiger partial charge in [-0.3, -0.25) is 9.78 Å². The zero-order valence-electron chi connectivity index (χ0n) is 18.2. The fourth-order valence-electron chi connectivity index (χ4n) is 4.46. The summed E-state index contributed by atoms with van der Waals surface area (Å²) in [5, 5.41) is 11.9. The molecule has 1 aliphatic heterocycles. The van der Waals surface area contributed by atoms with Crippen LogP contribution < -0.4 is 0 Å². The van der Waals surface area contributed by atoms with Crippen molar-refractivity contribution in [2.24, 2.45) is 5.92 Å². The Kier molecular flexibility index (Phi) is 5.90. The number of carbonyl (C=O) groups is 1. The van der Waals surface area contributed by atoms with Gasteiger partial charge in [-0.15, -0.1) is 0 Å². The maximum atomic E-state index is 13.9. The third-order valence-electron chi connectivity index (χ3n) is 6.15. The molecular weight excluding hydrogens is 416 g/mol. The Balaban J connectivity index is 1.42. The summed E-state index contributed by atoms with van der Waals surface area (Å²) in [5.41, 5.74) is 1.03. The van der Waals surface area contributed by atoms with Crippen molar-refractivity contribution < 1.29 is 14.6 Å². The fourth-order valence-corrected chi connectivity index (χ4v) is 4.46. The van der Waals surface area contributed by atoms with Crippen molar-refractivity contribution in [3.8, 4) is 0 Å². The van der Waals surface area contributed by atoms with Gasteiger partial charge in [0.1, 0.15) is 0 Å². The van der Waals surface area contributed by atoms with Crippen molar-refractivity contribution >= 4 is 11.6 Å². The number of benzene rings is 2. The Morgan fingerprint density at radius 1 is 1.06 bits per heavy atom. The second-order valence-electron chi connectivity index (χ2n) is 8.41. The van der Waals surface area contributed by atoms with Crippen LogP contribution in [0.25, 0.3) is 5.65 Å². The van der Waals surface area contributed by atoms with Gasteiger partial charge in [0, 0.05) is 37.6 Å².